The molecule has 0 bridgehead atoms. The Morgan fingerprint density at radius 1 is 1.42 bits per heavy atom. The van der Waals surface area contributed by atoms with E-state index in [9.17, 15) is 23.3 Å². The topological polar surface area (TPSA) is 79.0 Å². The fourth-order valence-corrected chi connectivity index (χ4v) is 1.73. The van der Waals surface area contributed by atoms with Gasteiger partial charge < -0.3 is 5.32 Å². The number of benzene rings is 1. The lowest BCUT2D eigenvalue weighted by atomic mass is 10.1. The fraction of sp³-hybridized carbons (Fsp3) is 0.364. The number of nitrogens with one attached hydrogen (secondary N) is 1. The summed E-state index contributed by atoms with van der Waals surface area (Å²) in [5.41, 5.74) is -2.80. The first kappa shape index (κ1) is 13.1. The third-order valence-electron chi connectivity index (χ3n) is 2.99. The summed E-state index contributed by atoms with van der Waals surface area (Å²) in [5, 5.41) is 21.7. The largest absolute Gasteiger partial charge is 0.411 e. The van der Waals surface area contributed by atoms with Crippen molar-refractivity contribution in [1.82, 2.24) is 0 Å². The highest BCUT2D eigenvalue weighted by molar-refractivity contribution is 5.66. The van der Waals surface area contributed by atoms with E-state index in [0.29, 0.717) is 0 Å². The van der Waals surface area contributed by atoms with Crippen LogP contribution in [-0.2, 0) is 0 Å². The lowest BCUT2D eigenvalue weighted by Crippen LogP contribution is -2.38. The van der Waals surface area contributed by atoms with Gasteiger partial charge in [-0.2, -0.15) is 18.4 Å². The van der Waals surface area contributed by atoms with Gasteiger partial charge in [0.05, 0.1) is 16.6 Å². The molecule has 1 aromatic carbocycles. The molecule has 0 unspecified atom stereocenters. The van der Waals surface area contributed by atoms with Crippen LogP contribution in [-0.4, -0.2) is 16.6 Å². The second kappa shape index (κ2) is 4.12. The van der Waals surface area contributed by atoms with E-state index in [2.05, 4.69) is 5.32 Å². The second-order valence-electron chi connectivity index (χ2n) is 4.31. The summed E-state index contributed by atoms with van der Waals surface area (Å²) in [6, 6.07) is 5.01. The zero-order chi connectivity index (χ0) is 14.3. The molecule has 1 N–H and O–H groups in total. The van der Waals surface area contributed by atoms with Crippen LogP contribution in [0, 0.1) is 21.4 Å². The van der Waals surface area contributed by atoms with Crippen LogP contribution >= 0.6 is 0 Å². The number of nitro groups is 1. The van der Waals surface area contributed by atoms with Gasteiger partial charge in [-0.05, 0) is 25.0 Å². The molecule has 1 fully saturated rings. The smallest absolute Gasteiger partial charge is 0.366 e. The SMILES string of the molecule is N#Cc1ccc([N+](=O)[O-])c(NC2(C(F)(F)F)CC2)c1. The van der Waals surface area contributed by atoms with E-state index in [-0.39, 0.29) is 24.1 Å². The van der Waals surface area contributed by atoms with Crippen LogP contribution < -0.4 is 5.32 Å². The zero-order valence-corrected chi connectivity index (χ0v) is 9.49. The number of rotatable bonds is 3. The number of nitro benzene ring substituents is 1. The van der Waals surface area contributed by atoms with Crippen molar-refractivity contribution in [3.8, 4) is 6.07 Å². The van der Waals surface area contributed by atoms with Crippen LogP contribution in [0.25, 0.3) is 0 Å². The predicted octanol–water partition coefficient (Wildman–Crippen LogP) is 2.97. The van der Waals surface area contributed by atoms with Gasteiger partial charge in [0, 0.05) is 6.07 Å². The molecule has 5 nitrogen and oxygen atoms in total. The maximum absolute atomic E-state index is 12.8. The zero-order valence-electron chi connectivity index (χ0n) is 9.49. The molecule has 100 valence electrons. The van der Waals surface area contributed by atoms with E-state index in [0.717, 1.165) is 12.1 Å². The number of hydrogen-bond donors (Lipinski definition) is 1. The lowest BCUT2D eigenvalue weighted by molar-refractivity contribution is -0.384. The van der Waals surface area contributed by atoms with Gasteiger partial charge >= 0.3 is 6.18 Å². The molecule has 0 atom stereocenters. The minimum absolute atomic E-state index is 0.0612. The standard InChI is InChI=1S/C11H8F3N3O2/c12-11(13,14)10(3-4-10)16-8-5-7(6-15)1-2-9(8)17(18)19/h1-2,5,16H,3-4H2. The summed E-state index contributed by atoms with van der Waals surface area (Å²) < 4.78 is 38.4. The molecule has 0 aliphatic heterocycles. The second-order valence-corrected chi connectivity index (χ2v) is 4.31. The van der Waals surface area contributed by atoms with Gasteiger partial charge in [-0.15, -0.1) is 0 Å². The Labute approximate surface area is 105 Å². The highest BCUT2D eigenvalue weighted by Crippen LogP contribution is 2.52. The summed E-state index contributed by atoms with van der Waals surface area (Å²) in [5.74, 6) is 0. The normalized spacial score (nSPS) is 16.5. The van der Waals surface area contributed by atoms with Gasteiger partial charge in [-0.3, -0.25) is 10.1 Å². The number of anilines is 1. The number of nitriles is 1. The van der Waals surface area contributed by atoms with E-state index in [1.165, 1.54) is 6.07 Å². The lowest BCUT2D eigenvalue weighted by Gasteiger charge is -2.21. The highest BCUT2D eigenvalue weighted by atomic mass is 19.4. The van der Waals surface area contributed by atoms with Crippen LogP contribution in [0.2, 0.25) is 0 Å². The summed E-state index contributed by atoms with van der Waals surface area (Å²) in [6.07, 6.45) is -4.75. The number of nitrogens with zero attached hydrogens (tertiary/aromatic N) is 2. The first-order chi connectivity index (χ1) is 8.79. The quantitative estimate of drug-likeness (QED) is 0.677. The van der Waals surface area contributed by atoms with Gasteiger partial charge in [0.2, 0.25) is 0 Å². The number of halogens is 3. The number of alkyl halides is 3. The van der Waals surface area contributed by atoms with Crippen molar-refractivity contribution in [3.05, 3.63) is 33.9 Å². The Hall–Kier alpha value is -2.30. The summed E-state index contributed by atoms with van der Waals surface area (Å²) in [4.78, 5) is 10.00. The summed E-state index contributed by atoms with van der Waals surface area (Å²) in [7, 11) is 0. The van der Waals surface area contributed by atoms with E-state index >= 15 is 0 Å². The molecule has 1 saturated carbocycles. The minimum Gasteiger partial charge on any atom is -0.366 e. The van der Waals surface area contributed by atoms with E-state index < -0.39 is 22.3 Å². The molecule has 1 aliphatic carbocycles. The van der Waals surface area contributed by atoms with Gasteiger partial charge in [-0.1, -0.05) is 0 Å². The van der Waals surface area contributed by atoms with Gasteiger partial charge in [0.25, 0.3) is 5.69 Å². The molecule has 1 aromatic rings. The molecule has 0 radical (unpaired) electrons. The van der Waals surface area contributed by atoms with Crippen LogP contribution in [0.1, 0.15) is 18.4 Å². The van der Waals surface area contributed by atoms with Gasteiger partial charge in [0.1, 0.15) is 11.2 Å². The Kier molecular flexibility index (Phi) is 2.85. The Morgan fingerprint density at radius 2 is 2.05 bits per heavy atom. The molecule has 0 aromatic heterocycles. The fourth-order valence-electron chi connectivity index (χ4n) is 1.73. The van der Waals surface area contributed by atoms with Crippen molar-refractivity contribution < 1.29 is 18.1 Å². The Bertz CT molecular complexity index is 574. The van der Waals surface area contributed by atoms with E-state index in [4.69, 9.17) is 5.26 Å². The van der Waals surface area contributed by atoms with Crippen LogP contribution in [0.3, 0.4) is 0 Å². The van der Waals surface area contributed by atoms with Crippen molar-refractivity contribution >= 4 is 11.4 Å². The Morgan fingerprint density at radius 3 is 2.47 bits per heavy atom. The third-order valence-corrected chi connectivity index (χ3v) is 2.99. The minimum atomic E-state index is -4.48. The van der Waals surface area contributed by atoms with Crippen molar-refractivity contribution in [3.63, 3.8) is 0 Å². The summed E-state index contributed by atoms with van der Waals surface area (Å²) >= 11 is 0. The summed E-state index contributed by atoms with van der Waals surface area (Å²) in [6.45, 7) is 0. The molecular formula is C11H8F3N3O2. The first-order valence-corrected chi connectivity index (χ1v) is 5.32. The van der Waals surface area contributed by atoms with E-state index in [1.54, 1.807) is 6.07 Å². The monoisotopic (exact) mass is 271 g/mol. The maximum atomic E-state index is 12.8. The van der Waals surface area contributed by atoms with E-state index in [1.807, 2.05) is 0 Å². The Balaban J connectivity index is 2.39. The molecule has 0 heterocycles. The average Bonchev–Trinajstić information content (AvgIpc) is 3.08. The highest BCUT2D eigenvalue weighted by Gasteiger charge is 2.64. The first-order valence-electron chi connectivity index (χ1n) is 5.32. The molecular weight excluding hydrogens is 263 g/mol. The molecule has 0 amide bonds. The van der Waals surface area contributed by atoms with Crippen molar-refractivity contribution in [2.24, 2.45) is 0 Å². The molecule has 1 aliphatic rings. The van der Waals surface area contributed by atoms with Crippen molar-refractivity contribution in [1.29, 1.82) is 5.26 Å². The van der Waals surface area contributed by atoms with Crippen molar-refractivity contribution in [2.45, 2.75) is 24.6 Å². The van der Waals surface area contributed by atoms with Gasteiger partial charge in [-0.25, -0.2) is 0 Å². The van der Waals surface area contributed by atoms with Crippen LogP contribution in [0.15, 0.2) is 18.2 Å². The molecule has 0 saturated heterocycles. The average molecular weight is 271 g/mol. The molecule has 8 heteroatoms. The molecule has 0 spiro atoms. The number of hydrogen-bond acceptors (Lipinski definition) is 4. The van der Waals surface area contributed by atoms with Gasteiger partial charge in [0.15, 0.2) is 0 Å². The third kappa shape index (κ3) is 2.31. The molecule has 2 rings (SSSR count). The van der Waals surface area contributed by atoms with Crippen LogP contribution in [0.5, 0.6) is 0 Å². The predicted molar refractivity (Wildman–Crippen MR) is 59.5 cm³/mol. The maximum Gasteiger partial charge on any atom is 0.411 e. The van der Waals surface area contributed by atoms with Crippen molar-refractivity contribution in [2.75, 3.05) is 5.32 Å². The molecule has 19 heavy (non-hydrogen) atoms. The van der Waals surface area contributed by atoms with Crippen LogP contribution in [0.4, 0.5) is 24.5 Å².